The fourth-order valence-electron chi connectivity index (χ4n) is 2.27. The zero-order valence-electron chi connectivity index (χ0n) is 13.7. The van der Waals surface area contributed by atoms with Crippen molar-refractivity contribution in [2.45, 2.75) is 6.92 Å². The van der Waals surface area contributed by atoms with Crippen molar-refractivity contribution in [3.05, 3.63) is 76.1 Å². The van der Waals surface area contributed by atoms with Gasteiger partial charge in [-0.25, -0.2) is 0 Å². The minimum Gasteiger partial charge on any atom is -0.334 e. The van der Waals surface area contributed by atoms with Crippen LogP contribution in [0.3, 0.4) is 0 Å². The van der Waals surface area contributed by atoms with Gasteiger partial charge in [-0.15, -0.1) is 0 Å². The zero-order chi connectivity index (χ0) is 18.5. The largest absolute Gasteiger partial charge is 0.334 e. The molecule has 130 valence electrons. The van der Waals surface area contributed by atoms with E-state index in [1.807, 2.05) is 0 Å². The first-order chi connectivity index (χ1) is 12.5. The summed E-state index contributed by atoms with van der Waals surface area (Å²) in [6.45, 7) is 1.70. The maximum atomic E-state index is 12.2. The van der Waals surface area contributed by atoms with E-state index < -0.39 is 4.92 Å². The van der Waals surface area contributed by atoms with Gasteiger partial charge in [-0.05, 0) is 30.7 Å². The fourth-order valence-corrected chi connectivity index (χ4v) is 2.27. The highest BCUT2D eigenvalue weighted by molar-refractivity contribution is 6.03. The van der Waals surface area contributed by atoms with Crippen molar-refractivity contribution in [2.75, 3.05) is 5.32 Å². The van der Waals surface area contributed by atoms with E-state index in [9.17, 15) is 14.9 Å². The number of rotatable bonds is 5. The van der Waals surface area contributed by atoms with E-state index in [4.69, 9.17) is 4.52 Å². The Morgan fingerprint density at radius 2 is 2.04 bits per heavy atom. The minimum atomic E-state index is -0.486. The number of para-hydroxylation sites is 1. The Labute approximate surface area is 148 Å². The summed E-state index contributed by atoms with van der Waals surface area (Å²) in [6, 6.07) is 13.0. The molecule has 0 aliphatic heterocycles. The Morgan fingerprint density at radius 3 is 2.77 bits per heavy atom. The number of hydrogen-bond acceptors (Lipinski definition) is 6. The van der Waals surface area contributed by atoms with Gasteiger partial charge in [0.1, 0.15) is 0 Å². The SMILES string of the molecule is Cc1noc(-c2ccccc2NC(=O)/C=C/c2cccc([N+](=O)[O-])c2)n1. The molecule has 0 unspecified atom stereocenters. The molecule has 2 aromatic carbocycles. The van der Waals surface area contributed by atoms with E-state index in [0.717, 1.165) is 0 Å². The Kier molecular flexibility index (Phi) is 4.84. The molecule has 1 aromatic heterocycles. The molecule has 3 rings (SSSR count). The average Bonchev–Trinajstić information content (AvgIpc) is 3.07. The van der Waals surface area contributed by atoms with Crippen LogP contribution < -0.4 is 5.32 Å². The van der Waals surface area contributed by atoms with Gasteiger partial charge in [0.15, 0.2) is 5.82 Å². The van der Waals surface area contributed by atoms with Crippen molar-refractivity contribution in [2.24, 2.45) is 0 Å². The Bertz CT molecular complexity index is 994. The second-order valence-electron chi connectivity index (χ2n) is 5.37. The van der Waals surface area contributed by atoms with Crippen LogP contribution >= 0.6 is 0 Å². The van der Waals surface area contributed by atoms with Crippen molar-refractivity contribution >= 4 is 23.4 Å². The molecule has 0 saturated carbocycles. The number of aromatic nitrogens is 2. The standard InChI is InChI=1S/C18H14N4O4/c1-12-19-18(26-21-12)15-7-2-3-8-16(15)20-17(23)10-9-13-5-4-6-14(11-13)22(24)25/h2-11H,1H3,(H,20,23)/b10-9+. The molecular weight excluding hydrogens is 336 g/mol. The highest BCUT2D eigenvalue weighted by atomic mass is 16.6. The summed E-state index contributed by atoms with van der Waals surface area (Å²) in [5.74, 6) is 0.410. The molecule has 0 saturated heterocycles. The van der Waals surface area contributed by atoms with Crippen LogP contribution in [0.25, 0.3) is 17.5 Å². The zero-order valence-corrected chi connectivity index (χ0v) is 13.7. The molecule has 0 spiro atoms. The summed E-state index contributed by atoms with van der Waals surface area (Å²) in [4.78, 5) is 26.7. The number of anilines is 1. The molecule has 1 heterocycles. The summed E-state index contributed by atoms with van der Waals surface area (Å²) in [6.07, 6.45) is 2.80. The van der Waals surface area contributed by atoms with Gasteiger partial charge in [-0.1, -0.05) is 29.4 Å². The molecule has 0 aliphatic rings. The predicted octanol–water partition coefficient (Wildman–Crippen LogP) is 3.61. The third-order valence-corrected chi connectivity index (χ3v) is 3.45. The quantitative estimate of drug-likeness (QED) is 0.427. The number of benzene rings is 2. The van der Waals surface area contributed by atoms with Crippen LogP contribution in [0.2, 0.25) is 0 Å². The number of nitro groups is 1. The van der Waals surface area contributed by atoms with Crippen LogP contribution in [0.4, 0.5) is 11.4 Å². The number of amides is 1. The smallest absolute Gasteiger partial charge is 0.270 e. The molecule has 1 N–H and O–H groups in total. The van der Waals surface area contributed by atoms with Gasteiger partial charge in [0.05, 0.1) is 16.2 Å². The Morgan fingerprint density at radius 1 is 1.23 bits per heavy atom. The number of nitro benzene ring substituents is 1. The molecule has 1 amide bonds. The summed E-state index contributed by atoms with van der Waals surface area (Å²) < 4.78 is 5.14. The molecular formula is C18H14N4O4. The Balaban J connectivity index is 1.77. The number of aryl methyl sites for hydroxylation is 1. The third kappa shape index (κ3) is 3.99. The van der Waals surface area contributed by atoms with Crippen LogP contribution in [-0.2, 0) is 4.79 Å². The first-order valence-corrected chi connectivity index (χ1v) is 7.66. The van der Waals surface area contributed by atoms with Gasteiger partial charge in [-0.2, -0.15) is 4.98 Å². The Hall–Kier alpha value is -3.81. The first-order valence-electron chi connectivity index (χ1n) is 7.66. The van der Waals surface area contributed by atoms with Crippen LogP contribution in [0, 0.1) is 17.0 Å². The molecule has 0 atom stereocenters. The van der Waals surface area contributed by atoms with Crippen LogP contribution in [-0.4, -0.2) is 21.0 Å². The second-order valence-corrected chi connectivity index (χ2v) is 5.37. The van der Waals surface area contributed by atoms with E-state index in [1.54, 1.807) is 43.3 Å². The molecule has 0 bridgehead atoms. The lowest BCUT2D eigenvalue weighted by Gasteiger charge is -2.06. The fraction of sp³-hybridized carbons (Fsp3) is 0.0556. The second kappa shape index (κ2) is 7.39. The number of nitrogens with zero attached hydrogens (tertiary/aromatic N) is 3. The average molecular weight is 350 g/mol. The number of carbonyl (C=O) groups is 1. The summed E-state index contributed by atoms with van der Waals surface area (Å²) >= 11 is 0. The van der Waals surface area contributed by atoms with Crippen LogP contribution in [0.1, 0.15) is 11.4 Å². The maximum Gasteiger partial charge on any atom is 0.270 e. The first kappa shape index (κ1) is 17.0. The van der Waals surface area contributed by atoms with Gasteiger partial charge in [0, 0.05) is 18.2 Å². The molecule has 3 aromatic rings. The lowest BCUT2D eigenvalue weighted by Crippen LogP contribution is -2.08. The predicted molar refractivity (Wildman–Crippen MR) is 95.2 cm³/mol. The monoisotopic (exact) mass is 350 g/mol. The normalized spacial score (nSPS) is 10.8. The summed E-state index contributed by atoms with van der Waals surface area (Å²) in [5, 5.41) is 17.3. The van der Waals surface area contributed by atoms with Crippen molar-refractivity contribution in [3.8, 4) is 11.5 Å². The third-order valence-electron chi connectivity index (χ3n) is 3.45. The van der Waals surface area contributed by atoms with Gasteiger partial charge in [-0.3, -0.25) is 14.9 Å². The topological polar surface area (TPSA) is 111 Å². The van der Waals surface area contributed by atoms with E-state index >= 15 is 0 Å². The van der Waals surface area contributed by atoms with E-state index in [-0.39, 0.29) is 11.6 Å². The lowest BCUT2D eigenvalue weighted by atomic mass is 10.1. The minimum absolute atomic E-state index is 0.0373. The van der Waals surface area contributed by atoms with Crippen molar-refractivity contribution in [3.63, 3.8) is 0 Å². The van der Waals surface area contributed by atoms with Crippen LogP contribution in [0.15, 0.2) is 59.1 Å². The summed E-state index contributed by atoms with van der Waals surface area (Å²) in [7, 11) is 0. The highest BCUT2D eigenvalue weighted by Gasteiger charge is 2.12. The van der Waals surface area contributed by atoms with Gasteiger partial charge in [0.25, 0.3) is 11.6 Å². The molecule has 0 aliphatic carbocycles. The van der Waals surface area contributed by atoms with E-state index in [1.165, 1.54) is 24.3 Å². The molecule has 8 heteroatoms. The van der Waals surface area contributed by atoms with E-state index in [2.05, 4.69) is 15.5 Å². The van der Waals surface area contributed by atoms with Crippen molar-refractivity contribution in [1.82, 2.24) is 10.1 Å². The van der Waals surface area contributed by atoms with Gasteiger partial charge in [0.2, 0.25) is 5.91 Å². The number of carbonyl (C=O) groups excluding carboxylic acids is 1. The molecule has 26 heavy (non-hydrogen) atoms. The van der Waals surface area contributed by atoms with E-state index in [0.29, 0.717) is 28.5 Å². The summed E-state index contributed by atoms with van der Waals surface area (Å²) in [5.41, 5.74) is 1.63. The van der Waals surface area contributed by atoms with Gasteiger partial charge < -0.3 is 9.84 Å². The number of hydrogen-bond donors (Lipinski definition) is 1. The van der Waals surface area contributed by atoms with Crippen molar-refractivity contribution in [1.29, 1.82) is 0 Å². The number of nitrogens with one attached hydrogen (secondary N) is 1. The van der Waals surface area contributed by atoms with Crippen LogP contribution in [0.5, 0.6) is 0 Å². The molecule has 8 nitrogen and oxygen atoms in total. The molecule has 0 radical (unpaired) electrons. The number of non-ortho nitro benzene ring substituents is 1. The van der Waals surface area contributed by atoms with Gasteiger partial charge >= 0.3 is 0 Å². The molecule has 0 fully saturated rings. The lowest BCUT2D eigenvalue weighted by molar-refractivity contribution is -0.384. The van der Waals surface area contributed by atoms with Crippen molar-refractivity contribution < 1.29 is 14.2 Å². The maximum absolute atomic E-state index is 12.2. The highest BCUT2D eigenvalue weighted by Crippen LogP contribution is 2.26.